The molecule has 162 valence electrons. The summed E-state index contributed by atoms with van der Waals surface area (Å²) in [6, 6.07) is 5.84. The smallest absolute Gasteiger partial charge is 0.341 e. The second-order valence-corrected chi connectivity index (χ2v) is 10.3. The average Bonchev–Trinajstić information content (AvgIpc) is 3.40. The van der Waals surface area contributed by atoms with Crippen molar-refractivity contribution in [3.8, 4) is 10.6 Å². The van der Waals surface area contributed by atoms with Crippen molar-refractivity contribution in [1.82, 2.24) is 9.97 Å². The van der Waals surface area contributed by atoms with Crippen molar-refractivity contribution < 1.29 is 14.3 Å². The highest BCUT2D eigenvalue weighted by Gasteiger charge is 2.29. The molecule has 0 bridgehead atoms. The minimum Gasteiger partial charge on any atom is -0.462 e. The normalized spacial score (nSPS) is 15.4. The number of amides is 1. The Balaban J connectivity index is 1.46. The van der Waals surface area contributed by atoms with Gasteiger partial charge < -0.3 is 10.1 Å². The number of thiophene rings is 2. The topological polar surface area (TPSA) is 81.2 Å². The van der Waals surface area contributed by atoms with Gasteiger partial charge >= 0.3 is 5.97 Å². The summed E-state index contributed by atoms with van der Waals surface area (Å²) in [5.41, 5.74) is 2.41. The summed E-state index contributed by atoms with van der Waals surface area (Å²) in [6.45, 7) is 4.31. The summed E-state index contributed by atoms with van der Waals surface area (Å²) in [7, 11) is 0. The van der Waals surface area contributed by atoms with Gasteiger partial charge in [0.1, 0.15) is 5.00 Å². The lowest BCUT2D eigenvalue weighted by molar-refractivity contribution is -0.113. The van der Waals surface area contributed by atoms with E-state index in [1.165, 1.54) is 28.0 Å². The van der Waals surface area contributed by atoms with Crippen LogP contribution >= 0.6 is 34.4 Å². The molecule has 0 aromatic carbocycles. The van der Waals surface area contributed by atoms with Gasteiger partial charge in [0.05, 0.1) is 28.5 Å². The number of carbonyl (C=O) groups is 2. The van der Waals surface area contributed by atoms with Crippen LogP contribution in [0.2, 0.25) is 0 Å². The molecule has 1 unspecified atom stereocenters. The molecule has 1 N–H and O–H groups in total. The Morgan fingerprint density at radius 2 is 2.23 bits per heavy atom. The minimum absolute atomic E-state index is 0.162. The van der Waals surface area contributed by atoms with Crippen molar-refractivity contribution in [3.63, 3.8) is 0 Å². The molecule has 1 aliphatic carbocycles. The average molecular weight is 474 g/mol. The van der Waals surface area contributed by atoms with Crippen molar-refractivity contribution in [3.05, 3.63) is 45.8 Å². The maximum atomic E-state index is 12.7. The number of hydrogen-bond acceptors (Lipinski definition) is 8. The molecule has 0 spiro atoms. The third-order valence-electron chi connectivity index (χ3n) is 4.98. The van der Waals surface area contributed by atoms with Crippen molar-refractivity contribution in [2.75, 3.05) is 17.7 Å². The van der Waals surface area contributed by atoms with Gasteiger partial charge in [0, 0.05) is 11.1 Å². The molecule has 1 atom stereocenters. The first kappa shape index (κ1) is 22.0. The zero-order valence-corrected chi connectivity index (χ0v) is 19.8. The van der Waals surface area contributed by atoms with Crippen LogP contribution in [0.4, 0.5) is 5.00 Å². The molecule has 6 nitrogen and oxygen atoms in total. The summed E-state index contributed by atoms with van der Waals surface area (Å²) >= 11 is 4.39. The Hall–Kier alpha value is -2.23. The molecule has 0 aliphatic heterocycles. The van der Waals surface area contributed by atoms with Crippen molar-refractivity contribution in [2.24, 2.45) is 5.92 Å². The third-order valence-corrected chi connectivity index (χ3v) is 7.91. The molecule has 0 saturated carbocycles. The lowest BCUT2D eigenvalue weighted by atomic mass is 9.88. The molecule has 1 aliphatic rings. The quantitative estimate of drug-likeness (QED) is 0.285. The zero-order valence-electron chi connectivity index (χ0n) is 17.3. The molecular weight excluding hydrogens is 450 g/mol. The molecule has 0 saturated heterocycles. The number of ether oxygens (including phenoxy) is 1. The highest BCUT2D eigenvalue weighted by molar-refractivity contribution is 7.99. The van der Waals surface area contributed by atoms with Crippen molar-refractivity contribution >= 4 is 51.3 Å². The van der Waals surface area contributed by atoms with Gasteiger partial charge in [0.15, 0.2) is 5.16 Å². The highest BCUT2D eigenvalue weighted by atomic mass is 32.2. The van der Waals surface area contributed by atoms with E-state index in [0.29, 0.717) is 28.2 Å². The van der Waals surface area contributed by atoms with E-state index in [2.05, 4.69) is 22.2 Å². The molecule has 3 aromatic heterocycles. The number of esters is 1. The van der Waals surface area contributed by atoms with Gasteiger partial charge in [0.25, 0.3) is 0 Å². The summed E-state index contributed by atoms with van der Waals surface area (Å²) in [5, 5.41) is 6.08. The van der Waals surface area contributed by atoms with E-state index >= 15 is 0 Å². The Morgan fingerprint density at radius 3 is 3.00 bits per heavy atom. The van der Waals surface area contributed by atoms with Gasteiger partial charge in [-0.2, -0.15) is 0 Å². The summed E-state index contributed by atoms with van der Waals surface area (Å²) in [6.07, 6.45) is 4.52. The van der Waals surface area contributed by atoms with E-state index in [9.17, 15) is 9.59 Å². The van der Waals surface area contributed by atoms with E-state index in [0.717, 1.165) is 35.4 Å². The van der Waals surface area contributed by atoms with Gasteiger partial charge in [-0.1, -0.05) is 24.8 Å². The predicted molar refractivity (Wildman–Crippen MR) is 126 cm³/mol. The van der Waals surface area contributed by atoms with Crippen molar-refractivity contribution in [2.45, 2.75) is 38.3 Å². The first-order valence-electron chi connectivity index (χ1n) is 10.2. The van der Waals surface area contributed by atoms with E-state index in [1.54, 1.807) is 24.5 Å². The minimum atomic E-state index is -0.357. The number of aromatic nitrogens is 2. The van der Waals surface area contributed by atoms with E-state index < -0.39 is 0 Å². The second kappa shape index (κ2) is 9.93. The Morgan fingerprint density at radius 1 is 1.35 bits per heavy atom. The number of anilines is 1. The van der Waals surface area contributed by atoms with Crippen LogP contribution < -0.4 is 5.32 Å². The molecule has 3 heterocycles. The lowest BCUT2D eigenvalue weighted by Gasteiger charge is -2.18. The molecule has 0 fully saturated rings. The van der Waals surface area contributed by atoms with Crippen LogP contribution in [0, 0.1) is 5.92 Å². The number of thioether (sulfide) groups is 1. The predicted octanol–water partition coefficient (Wildman–Crippen LogP) is 5.30. The fourth-order valence-electron chi connectivity index (χ4n) is 3.52. The maximum Gasteiger partial charge on any atom is 0.341 e. The molecule has 4 rings (SSSR count). The van der Waals surface area contributed by atoms with Gasteiger partial charge in [-0.3, -0.25) is 4.79 Å². The number of nitrogens with one attached hydrogen (secondary N) is 1. The second-order valence-electron chi connectivity index (χ2n) is 7.31. The molecule has 1 amide bonds. The zero-order chi connectivity index (χ0) is 21.8. The molecule has 9 heteroatoms. The van der Waals surface area contributed by atoms with E-state index in [1.807, 2.05) is 23.6 Å². The summed E-state index contributed by atoms with van der Waals surface area (Å²) < 4.78 is 5.27. The van der Waals surface area contributed by atoms with Crippen LogP contribution in [0.25, 0.3) is 10.6 Å². The molecule has 31 heavy (non-hydrogen) atoms. The van der Waals surface area contributed by atoms with E-state index in [-0.39, 0.29) is 17.6 Å². The Bertz CT molecular complexity index is 1080. The van der Waals surface area contributed by atoms with Crippen LogP contribution in [0.1, 0.15) is 41.1 Å². The standard InChI is InChI=1S/C22H23N3O3S3/c1-3-28-21(27)19-14-7-6-13(2)11-17(14)31-20(19)25-18(26)12-30-22-23-9-8-15(24-22)16-5-4-10-29-16/h4-5,8-10,13H,3,6-7,11-12H2,1-2H3,(H,25,26). The fourth-order valence-corrected chi connectivity index (χ4v) is 6.26. The molecular formula is C22H23N3O3S3. The van der Waals surface area contributed by atoms with Crippen molar-refractivity contribution in [1.29, 1.82) is 0 Å². The Labute approximate surface area is 193 Å². The summed E-state index contributed by atoms with van der Waals surface area (Å²) in [5.74, 6) is 0.194. The first-order chi connectivity index (χ1) is 15.0. The van der Waals surface area contributed by atoms with E-state index in [4.69, 9.17) is 4.74 Å². The Kier molecular flexibility index (Phi) is 7.04. The largest absolute Gasteiger partial charge is 0.462 e. The SMILES string of the molecule is CCOC(=O)c1c(NC(=O)CSc2nccc(-c3cccs3)n2)sc2c1CCC(C)C2. The van der Waals surface area contributed by atoms with Crippen LogP contribution in [-0.2, 0) is 22.4 Å². The third kappa shape index (κ3) is 5.16. The van der Waals surface area contributed by atoms with Crippen LogP contribution in [0.15, 0.2) is 34.9 Å². The lowest BCUT2D eigenvalue weighted by Crippen LogP contribution is -2.17. The summed E-state index contributed by atoms with van der Waals surface area (Å²) in [4.78, 5) is 36.3. The fraction of sp³-hybridized carbons (Fsp3) is 0.364. The number of hydrogen-bond donors (Lipinski definition) is 1. The number of fused-ring (bicyclic) bond motifs is 1. The van der Waals surface area contributed by atoms with Gasteiger partial charge in [0.2, 0.25) is 5.91 Å². The monoisotopic (exact) mass is 473 g/mol. The first-order valence-corrected chi connectivity index (χ1v) is 12.8. The van der Waals surface area contributed by atoms with Crippen LogP contribution in [-0.4, -0.2) is 34.2 Å². The molecule has 0 radical (unpaired) electrons. The number of carbonyl (C=O) groups excluding carboxylic acids is 2. The van der Waals surface area contributed by atoms with Gasteiger partial charge in [-0.25, -0.2) is 14.8 Å². The van der Waals surface area contributed by atoms with Gasteiger partial charge in [-0.05, 0) is 55.2 Å². The number of nitrogens with zero attached hydrogens (tertiary/aromatic N) is 2. The van der Waals surface area contributed by atoms with Crippen LogP contribution in [0.5, 0.6) is 0 Å². The molecule has 3 aromatic rings. The highest BCUT2D eigenvalue weighted by Crippen LogP contribution is 2.40. The van der Waals surface area contributed by atoms with Gasteiger partial charge in [-0.15, -0.1) is 22.7 Å². The maximum absolute atomic E-state index is 12.7. The number of rotatable bonds is 7. The van der Waals surface area contributed by atoms with Crippen LogP contribution in [0.3, 0.4) is 0 Å².